The maximum absolute atomic E-state index is 6.01. The van der Waals surface area contributed by atoms with Gasteiger partial charge in [-0.15, -0.1) is 11.3 Å². The molecule has 6 heteroatoms. The maximum atomic E-state index is 6.01. The summed E-state index contributed by atoms with van der Waals surface area (Å²) in [6, 6.07) is 2.46. The molecule has 0 radical (unpaired) electrons. The van der Waals surface area contributed by atoms with Crippen LogP contribution in [0.25, 0.3) is 0 Å². The van der Waals surface area contributed by atoms with E-state index >= 15 is 0 Å². The molecule has 1 aliphatic heterocycles. The molecular formula is C13H20Br2N2OS. The molecule has 1 saturated heterocycles. The van der Waals surface area contributed by atoms with Crippen LogP contribution in [0.1, 0.15) is 24.3 Å². The second-order valence-corrected chi connectivity index (χ2v) is 8.31. The summed E-state index contributed by atoms with van der Waals surface area (Å²) in [5.41, 5.74) is 6.01. The normalized spacial score (nSPS) is 26.6. The second-order valence-electron chi connectivity index (χ2n) is 5.06. The topological polar surface area (TPSA) is 38.5 Å². The molecule has 0 spiro atoms. The van der Waals surface area contributed by atoms with E-state index in [9.17, 15) is 0 Å². The third-order valence-corrected chi connectivity index (χ3v) is 7.24. The lowest BCUT2D eigenvalue weighted by atomic mass is 9.94. The zero-order valence-corrected chi connectivity index (χ0v) is 15.2. The minimum Gasteiger partial charge on any atom is -0.380 e. The molecule has 2 N–H and O–H groups in total. The van der Waals surface area contributed by atoms with E-state index in [-0.39, 0.29) is 6.04 Å². The van der Waals surface area contributed by atoms with Crippen LogP contribution in [0.2, 0.25) is 0 Å². The summed E-state index contributed by atoms with van der Waals surface area (Å²) >= 11 is 8.87. The fourth-order valence-corrected chi connectivity index (χ4v) is 4.86. The first-order valence-electron chi connectivity index (χ1n) is 6.48. The van der Waals surface area contributed by atoms with Gasteiger partial charge in [-0.3, -0.25) is 4.90 Å². The van der Waals surface area contributed by atoms with E-state index in [1.165, 1.54) is 11.3 Å². The summed E-state index contributed by atoms with van der Waals surface area (Å²) in [5.74, 6) is 0.626. The molecule has 3 unspecified atom stereocenters. The molecular weight excluding hydrogens is 392 g/mol. The van der Waals surface area contributed by atoms with Crippen LogP contribution in [0.15, 0.2) is 14.3 Å². The lowest BCUT2D eigenvalue weighted by Gasteiger charge is -2.40. The molecule has 19 heavy (non-hydrogen) atoms. The number of halogens is 2. The number of nitrogens with zero attached hydrogens (tertiary/aromatic N) is 1. The van der Waals surface area contributed by atoms with Crippen molar-refractivity contribution < 1.29 is 4.74 Å². The average Bonchev–Trinajstić information content (AvgIpc) is 2.72. The standard InChI is InChI=1S/C13H20Br2N2OS/c1-8-3-4-17(7-11(8)18-2)10(6-16)12-5-9(14)13(15)19-12/h5,8,10-11H,3-4,6-7,16H2,1-2H3. The van der Waals surface area contributed by atoms with Gasteiger partial charge in [0, 0.05) is 29.5 Å². The lowest BCUT2D eigenvalue weighted by molar-refractivity contribution is -0.0178. The van der Waals surface area contributed by atoms with Gasteiger partial charge in [0.15, 0.2) is 0 Å². The van der Waals surface area contributed by atoms with Crippen molar-refractivity contribution >= 4 is 43.2 Å². The van der Waals surface area contributed by atoms with E-state index in [4.69, 9.17) is 10.5 Å². The Morgan fingerprint density at radius 2 is 2.32 bits per heavy atom. The van der Waals surface area contributed by atoms with Gasteiger partial charge in [-0.1, -0.05) is 6.92 Å². The number of likely N-dealkylation sites (tertiary alicyclic amines) is 1. The number of ether oxygens (including phenoxy) is 1. The fraction of sp³-hybridized carbons (Fsp3) is 0.692. The van der Waals surface area contributed by atoms with Gasteiger partial charge in [0.2, 0.25) is 0 Å². The molecule has 0 amide bonds. The van der Waals surface area contributed by atoms with Crippen LogP contribution in [0.5, 0.6) is 0 Å². The fourth-order valence-electron chi connectivity index (χ4n) is 2.62. The molecule has 1 aromatic heterocycles. The van der Waals surface area contributed by atoms with Crippen LogP contribution in [0.3, 0.4) is 0 Å². The van der Waals surface area contributed by atoms with Crippen molar-refractivity contribution in [2.75, 3.05) is 26.7 Å². The zero-order chi connectivity index (χ0) is 14.0. The quantitative estimate of drug-likeness (QED) is 0.821. The molecule has 1 aromatic rings. The summed E-state index contributed by atoms with van der Waals surface area (Å²) < 4.78 is 7.84. The van der Waals surface area contributed by atoms with E-state index < -0.39 is 0 Å². The number of thiophene rings is 1. The predicted octanol–water partition coefficient (Wildman–Crippen LogP) is 3.63. The van der Waals surface area contributed by atoms with Gasteiger partial charge in [-0.05, 0) is 56.8 Å². The molecule has 1 fully saturated rings. The molecule has 108 valence electrons. The van der Waals surface area contributed by atoms with Crippen LogP contribution >= 0.6 is 43.2 Å². The first-order valence-corrected chi connectivity index (χ1v) is 8.88. The highest BCUT2D eigenvalue weighted by Gasteiger charge is 2.31. The molecule has 3 atom stereocenters. The first-order chi connectivity index (χ1) is 9.06. The van der Waals surface area contributed by atoms with Gasteiger partial charge in [0.25, 0.3) is 0 Å². The molecule has 0 aliphatic carbocycles. The molecule has 0 bridgehead atoms. The van der Waals surface area contributed by atoms with Gasteiger partial charge in [0.05, 0.1) is 15.9 Å². The average molecular weight is 412 g/mol. The van der Waals surface area contributed by atoms with Crippen LogP contribution in [-0.2, 0) is 4.74 Å². The van der Waals surface area contributed by atoms with Crippen molar-refractivity contribution in [1.82, 2.24) is 4.90 Å². The molecule has 2 heterocycles. The van der Waals surface area contributed by atoms with E-state index in [1.54, 1.807) is 18.4 Å². The minimum absolute atomic E-state index is 0.290. The second kappa shape index (κ2) is 7.00. The number of hydrogen-bond acceptors (Lipinski definition) is 4. The third kappa shape index (κ3) is 3.60. The lowest BCUT2D eigenvalue weighted by Crippen LogP contribution is -2.46. The summed E-state index contributed by atoms with van der Waals surface area (Å²) in [6.45, 7) is 4.97. The maximum Gasteiger partial charge on any atom is 0.0843 e. The van der Waals surface area contributed by atoms with Gasteiger partial charge < -0.3 is 10.5 Å². The smallest absolute Gasteiger partial charge is 0.0843 e. The highest BCUT2D eigenvalue weighted by molar-refractivity contribution is 9.13. The van der Waals surface area contributed by atoms with Crippen molar-refractivity contribution in [3.05, 3.63) is 19.2 Å². The number of rotatable bonds is 4. The Kier molecular flexibility index (Phi) is 5.87. The largest absolute Gasteiger partial charge is 0.380 e. The van der Waals surface area contributed by atoms with E-state index in [1.807, 2.05) is 0 Å². The Balaban J connectivity index is 2.13. The minimum atomic E-state index is 0.290. The zero-order valence-electron chi connectivity index (χ0n) is 11.2. The van der Waals surface area contributed by atoms with Crippen molar-refractivity contribution in [2.24, 2.45) is 11.7 Å². The van der Waals surface area contributed by atoms with Gasteiger partial charge >= 0.3 is 0 Å². The van der Waals surface area contributed by atoms with Crippen molar-refractivity contribution in [2.45, 2.75) is 25.5 Å². The van der Waals surface area contributed by atoms with Crippen molar-refractivity contribution in [3.8, 4) is 0 Å². The Hall–Kier alpha value is 0.540. The van der Waals surface area contributed by atoms with Gasteiger partial charge in [-0.25, -0.2) is 0 Å². The summed E-state index contributed by atoms with van der Waals surface area (Å²) in [6.07, 6.45) is 1.48. The molecule has 1 aliphatic rings. The predicted molar refractivity (Wildman–Crippen MR) is 87.7 cm³/mol. The van der Waals surface area contributed by atoms with E-state index in [2.05, 4.69) is 49.7 Å². The highest BCUT2D eigenvalue weighted by Crippen LogP contribution is 2.38. The van der Waals surface area contributed by atoms with Crippen LogP contribution in [-0.4, -0.2) is 37.7 Å². The Morgan fingerprint density at radius 3 is 2.84 bits per heavy atom. The van der Waals surface area contributed by atoms with E-state index in [0.29, 0.717) is 18.6 Å². The molecule has 3 nitrogen and oxygen atoms in total. The summed E-state index contributed by atoms with van der Waals surface area (Å²) in [7, 11) is 1.81. The number of methoxy groups -OCH3 is 1. The monoisotopic (exact) mass is 410 g/mol. The highest BCUT2D eigenvalue weighted by atomic mass is 79.9. The summed E-state index contributed by atoms with van der Waals surface area (Å²) in [5, 5.41) is 0. The molecule has 2 rings (SSSR count). The number of nitrogens with two attached hydrogens (primary N) is 1. The Morgan fingerprint density at radius 1 is 1.58 bits per heavy atom. The first kappa shape index (κ1) is 15.9. The van der Waals surface area contributed by atoms with Gasteiger partial charge in [0.1, 0.15) is 0 Å². The molecule has 0 aromatic carbocycles. The molecule has 0 saturated carbocycles. The SMILES string of the molecule is COC1CN(C(CN)c2cc(Br)c(Br)s2)CCC1C. The van der Waals surface area contributed by atoms with Crippen molar-refractivity contribution in [1.29, 1.82) is 0 Å². The number of hydrogen-bond donors (Lipinski definition) is 1. The number of piperidine rings is 1. The van der Waals surface area contributed by atoms with Crippen molar-refractivity contribution in [3.63, 3.8) is 0 Å². The summed E-state index contributed by atoms with van der Waals surface area (Å²) in [4.78, 5) is 3.77. The Labute approximate surface area is 135 Å². The third-order valence-electron chi connectivity index (χ3n) is 3.88. The van der Waals surface area contributed by atoms with Crippen LogP contribution in [0, 0.1) is 5.92 Å². The van der Waals surface area contributed by atoms with Crippen LogP contribution in [0.4, 0.5) is 0 Å². The van der Waals surface area contributed by atoms with Crippen LogP contribution < -0.4 is 5.73 Å². The van der Waals surface area contributed by atoms with E-state index in [0.717, 1.165) is 21.3 Å². The Bertz CT molecular complexity index is 407. The van der Waals surface area contributed by atoms with Gasteiger partial charge in [-0.2, -0.15) is 0 Å².